The van der Waals surface area contributed by atoms with Crippen molar-refractivity contribution in [1.82, 2.24) is 20.0 Å². The molecule has 0 spiro atoms. The molecule has 204 valence electrons. The monoisotopic (exact) mass is 534 g/mol. The van der Waals surface area contributed by atoms with Crippen molar-refractivity contribution in [2.75, 3.05) is 40.5 Å². The summed E-state index contributed by atoms with van der Waals surface area (Å²) in [4.78, 5) is 27.1. The Kier molecular flexibility index (Phi) is 8.40. The fourth-order valence-electron chi connectivity index (χ4n) is 4.54. The molecule has 2 aromatic carbocycles. The summed E-state index contributed by atoms with van der Waals surface area (Å²) in [6, 6.07) is 8.42. The summed E-state index contributed by atoms with van der Waals surface area (Å²) in [7, 11) is 3.08. The number of likely N-dealkylation sites (tertiary alicyclic amines) is 1. The minimum absolute atomic E-state index is 0.229. The zero-order chi connectivity index (χ0) is 27.3. The zero-order valence-corrected chi connectivity index (χ0v) is 21.1. The van der Waals surface area contributed by atoms with E-state index >= 15 is 0 Å². The number of methoxy groups -OCH3 is 2. The third-order valence-electron chi connectivity index (χ3n) is 6.41. The first-order valence-electron chi connectivity index (χ1n) is 12.1. The van der Waals surface area contributed by atoms with Gasteiger partial charge in [0.1, 0.15) is 11.5 Å². The molecule has 0 bridgehead atoms. The van der Waals surface area contributed by atoms with Crippen LogP contribution in [0, 0.1) is 5.92 Å². The molecule has 1 saturated heterocycles. The van der Waals surface area contributed by atoms with Crippen molar-refractivity contribution in [3.05, 3.63) is 53.7 Å². The van der Waals surface area contributed by atoms with Gasteiger partial charge in [0.2, 0.25) is 0 Å². The maximum atomic E-state index is 12.8. The van der Waals surface area contributed by atoms with Gasteiger partial charge in [-0.2, -0.15) is 5.10 Å². The molecule has 2 amide bonds. The highest BCUT2D eigenvalue weighted by molar-refractivity contribution is 6.03. The molecule has 0 atom stereocenters. The third-order valence-corrected chi connectivity index (χ3v) is 6.41. The lowest BCUT2D eigenvalue weighted by atomic mass is 9.96. The maximum absolute atomic E-state index is 12.8. The van der Waals surface area contributed by atoms with Crippen LogP contribution in [0.3, 0.4) is 0 Å². The molecule has 1 fully saturated rings. The van der Waals surface area contributed by atoms with Gasteiger partial charge in [-0.3, -0.25) is 14.3 Å². The van der Waals surface area contributed by atoms with Crippen LogP contribution in [-0.4, -0.2) is 73.3 Å². The molecule has 38 heavy (non-hydrogen) atoms. The van der Waals surface area contributed by atoms with Gasteiger partial charge < -0.3 is 24.4 Å². The molecular weight excluding hydrogens is 505 g/mol. The number of piperidine rings is 1. The van der Waals surface area contributed by atoms with E-state index in [0.717, 1.165) is 30.4 Å². The summed E-state index contributed by atoms with van der Waals surface area (Å²) < 4.78 is 53.3. The second-order valence-electron chi connectivity index (χ2n) is 8.99. The number of hydrogen-bond donors (Lipinski definition) is 1. The lowest BCUT2D eigenvalue weighted by Gasteiger charge is -2.32. The molecule has 0 saturated carbocycles. The predicted molar refractivity (Wildman–Crippen MR) is 132 cm³/mol. The van der Waals surface area contributed by atoms with E-state index in [1.165, 1.54) is 19.2 Å². The average Bonchev–Trinajstić information content (AvgIpc) is 3.30. The summed E-state index contributed by atoms with van der Waals surface area (Å²) in [5.41, 5.74) is 1.44. The van der Waals surface area contributed by atoms with Crippen LogP contribution in [0.1, 0.15) is 33.6 Å². The van der Waals surface area contributed by atoms with E-state index in [1.807, 2.05) is 10.9 Å². The smallest absolute Gasteiger partial charge is 0.495 e. The van der Waals surface area contributed by atoms with Crippen molar-refractivity contribution in [2.45, 2.75) is 25.7 Å². The van der Waals surface area contributed by atoms with Crippen LogP contribution in [-0.2, 0) is 11.3 Å². The third kappa shape index (κ3) is 6.55. The number of carbonyl (C=O) groups excluding carboxylic acids is 2. The lowest BCUT2D eigenvalue weighted by Crippen LogP contribution is -2.39. The number of hydrogen-bond acceptors (Lipinski definition) is 6. The van der Waals surface area contributed by atoms with Gasteiger partial charge in [-0.25, -0.2) is 0 Å². The Bertz CT molecular complexity index is 1270. The normalized spacial score (nSPS) is 14.5. The first-order chi connectivity index (χ1) is 18.2. The standard InChI is InChI=1S/C26H29F3N4O5/c1-36-14-11-30-24(34)20-7-8-22-21(23(20)37-2)16-33(31-22)15-17-9-12-32(13-10-17)25(35)18-3-5-19(6-4-18)38-26(27,28)29/h3-8,16-17H,9-15H2,1-2H3,(H,30,34). The molecule has 12 heteroatoms. The van der Waals surface area contributed by atoms with Gasteiger partial charge in [-0.15, -0.1) is 13.2 Å². The predicted octanol–water partition coefficient (Wildman–Crippen LogP) is 3.87. The lowest BCUT2D eigenvalue weighted by molar-refractivity contribution is -0.274. The molecule has 0 unspecified atom stereocenters. The number of rotatable bonds is 9. The van der Waals surface area contributed by atoms with E-state index in [1.54, 1.807) is 24.1 Å². The minimum atomic E-state index is -4.78. The van der Waals surface area contributed by atoms with Gasteiger partial charge in [0.25, 0.3) is 11.8 Å². The SMILES string of the molecule is COCCNC(=O)c1ccc2nn(CC3CCN(C(=O)c4ccc(OC(F)(F)F)cc4)CC3)cc2c1OC. The molecule has 1 aliphatic heterocycles. The fraction of sp³-hybridized carbons (Fsp3) is 0.423. The van der Waals surface area contributed by atoms with Gasteiger partial charge in [-0.05, 0) is 55.2 Å². The van der Waals surface area contributed by atoms with Crippen LogP contribution in [0.5, 0.6) is 11.5 Å². The largest absolute Gasteiger partial charge is 0.573 e. The summed E-state index contributed by atoms with van der Waals surface area (Å²) >= 11 is 0. The number of benzene rings is 2. The molecule has 3 aromatic rings. The summed E-state index contributed by atoms with van der Waals surface area (Å²) in [5.74, 6) is -0.120. The second kappa shape index (κ2) is 11.7. The fourth-order valence-corrected chi connectivity index (χ4v) is 4.54. The Morgan fingerprint density at radius 2 is 1.79 bits per heavy atom. The number of ether oxygens (including phenoxy) is 3. The Balaban J connectivity index is 1.36. The van der Waals surface area contributed by atoms with Gasteiger partial charge in [0.05, 0.1) is 30.2 Å². The summed E-state index contributed by atoms with van der Waals surface area (Å²) in [6.07, 6.45) is -1.41. The van der Waals surface area contributed by atoms with E-state index in [0.29, 0.717) is 55.2 Å². The Morgan fingerprint density at radius 1 is 1.08 bits per heavy atom. The quantitative estimate of drug-likeness (QED) is 0.419. The molecular formula is C26H29F3N4O5. The molecule has 0 aliphatic carbocycles. The molecule has 1 N–H and O–H groups in total. The van der Waals surface area contributed by atoms with Crippen LogP contribution >= 0.6 is 0 Å². The van der Waals surface area contributed by atoms with E-state index < -0.39 is 6.36 Å². The Morgan fingerprint density at radius 3 is 2.42 bits per heavy atom. The van der Waals surface area contributed by atoms with Crippen LogP contribution in [0.25, 0.3) is 10.9 Å². The number of nitrogens with one attached hydrogen (secondary N) is 1. The van der Waals surface area contributed by atoms with Crippen LogP contribution < -0.4 is 14.8 Å². The molecule has 4 rings (SSSR count). The highest BCUT2D eigenvalue weighted by Gasteiger charge is 2.31. The van der Waals surface area contributed by atoms with Crippen molar-refractivity contribution in [3.8, 4) is 11.5 Å². The van der Waals surface area contributed by atoms with E-state index in [9.17, 15) is 22.8 Å². The van der Waals surface area contributed by atoms with Crippen molar-refractivity contribution >= 4 is 22.7 Å². The minimum Gasteiger partial charge on any atom is -0.495 e. The van der Waals surface area contributed by atoms with Crippen LogP contribution in [0.15, 0.2) is 42.6 Å². The average molecular weight is 535 g/mol. The maximum Gasteiger partial charge on any atom is 0.573 e. The van der Waals surface area contributed by atoms with Crippen LogP contribution in [0.4, 0.5) is 13.2 Å². The highest BCUT2D eigenvalue weighted by Crippen LogP contribution is 2.30. The summed E-state index contributed by atoms with van der Waals surface area (Å²) in [6.45, 7) is 2.48. The first kappa shape index (κ1) is 27.2. The number of alkyl halides is 3. The van der Waals surface area contributed by atoms with E-state index in [-0.39, 0.29) is 23.5 Å². The number of aromatic nitrogens is 2. The van der Waals surface area contributed by atoms with Crippen molar-refractivity contribution < 1.29 is 37.0 Å². The molecule has 9 nitrogen and oxygen atoms in total. The molecule has 1 aliphatic rings. The molecule has 0 radical (unpaired) electrons. The van der Waals surface area contributed by atoms with Gasteiger partial charge in [0, 0.05) is 45.0 Å². The Labute approximate surface area is 217 Å². The number of amides is 2. The van der Waals surface area contributed by atoms with Crippen molar-refractivity contribution in [2.24, 2.45) is 5.92 Å². The van der Waals surface area contributed by atoms with Crippen LogP contribution in [0.2, 0.25) is 0 Å². The molecule has 1 aromatic heterocycles. The number of nitrogens with zero attached hydrogens (tertiary/aromatic N) is 3. The van der Waals surface area contributed by atoms with Crippen molar-refractivity contribution in [1.29, 1.82) is 0 Å². The van der Waals surface area contributed by atoms with E-state index in [2.05, 4.69) is 15.2 Å². The van der Waals surface area contributed by atoms with Gasteiger partial charge in [-0.1, -0.05) is 0 Å². The number of fused-ring (bicyclic) bond motifs is 1. The van der Waals surface area contributed by atoms with Crippen molar-refractivity contribution in [3.63, 3.8) is 0 Å². The first-order valence-corrected chi connectivity index (χ1v) is 12.1. The number of halogens is 3. The van der Waals surface area contributed by atoms with Gasteiger partial charge in [0.15, 0.2) is 0 Å². The zero-order valence-electron chi connectivity index (χ0n) is 21.1. The topological polar surface area (TPSA) is 94.9 Å². The second-order valence-corrected chi connectivity index (χ2v) is 8.99. The molecule has 2 heterocycles. The van der Waals surface area contributed by atoms with E-state index in [4.69, 9.17) is 9.47 Å². The Hall–Kier alpha value is -3.80. The number of carbonyl (C=O) groups is 2. The highest BCUT2D eigenvalue weighted by atomic mass is 19.4. The summed E-state index contributed by atoms with van der Waals surface area (Å²) in [5, 5.41) is 8.17. The van der Waals surface area contributed by atoms with Gasteiger partial charge >= 0.3 is 6.36 Å².